The number of nitrogens with zero attached hydrogens (tertiary/aromatic N) is 1. The third kappa shape index (κ3) is 5.89. The van der Waals surface area contributed by atoms with Crippen LogP contribution in [0.4, 0.5) is 5.00 Å². The van der Waals surface area contributed by atoms with Crippen LogP contribution in [0.15, 0.2) is 48.5 Å². The second kappa shape index (κ2) is 12.8. The third-order valence-electron chi connectivity index (χ3n) is 6.64. The number of benzene rings is 2. The standard InChI is InChI=1S/C31H34N2O6S/c1-6-33-24-15-14-22(37-7-2)18-23(24)19(4)26(33)28(34)32-29-25(30(35)38-8-3)20(5)27(40-29)31(36)39-17-16-21-12-10-9-11-13-21/h9-15,18H,6-8,16-17H2,1-5H3,(H,32,34). The Balaban J connectivity index is 1.65. The summed E-state index contributed by atoms with van der Waals surface area (Å²) in [4.78, 5) is 39.9. The van der Waals surface area contributed by atoms with Crippen LogP contribution in [0.25, 0.3) is 10.9 Å². The lowest BCUT2D eigenvalue weighted by atomic mass is 10.1. The molecule has 210 valence electrons. The summed E-state index contributed by atoms with van der Waals surface area (Å²) in [5, 5.41) is 4.06. The molecule has 0 saturated carbocycles. The number of aromatic nitrogens is 1. The number of esters is 2. The molecule has 0 aliphatic carbocycles. The molecule has 8 nitrogen and oxygen atoms in total. The number of fused-ring (bicyclic) bond motifs is 1. The molecule has 1 N–H and O–H groups in total. The van der Waals surface area contributed by atoms with Crippen LogP contribution >= 0.6 is 11.3 Å². The number of carbonyl (C=O) groups excluding carboxylic acids is 3. The van der Waals surface area contributed by atoms with Gasteiger partial charge in [-0.3, -0.25) is 4.79 Å². The fourth-order valence-electron chi connectivity index (χ4n) is 4.76. The molecule has 4 rings (SSSR count). The largest absolute Gasteiger partial charge is 0.494 e. The van der Waals surface area contributed by atoms with E-state index < -0.39 is 11.9 Å². The Kier molecular flexibility index (Phi) is 9.26. The molecule has 9 heteroatoms. The molecule has 0 aliphatic rings. The van der Waals surface area contributed by atoms with Crippen LogP contribution in [0.3, 0.4) is 0 Å². The van der Waals surface area contributed by atoms with Crippen LogP contribution in [-0.4, -0.2) is 42.2 Å². The maximum absolute atomic E-state index is 13.7. The van der Waals surface area contributed by atoms with E-state index in [0.29, 0.717) is 30.8 Å². The first kappa shape index (κ1) is 28.9. The number of ether oxygens (including phenoxy) is 3. The van der Waals surface area contributed by atoms with Gasteiger partial charge in [-0.05, 0) is 69.5 Å². The van der Waals surface area contributed by atoms with Gasteiger partial charge in [0, 0.05) is 23.9 Å². The number of amides is 1. The Morgan fingerprint density at radius 3 is 2.33 bits per heavy atom. The molecule has 0 fully saturated rings. The fraction of sp³-hybridized carbons (Fsp3) is 0.323. The Bertz CT molecular complexity index is 1540. The molecule has 0 radical (unpaired) electrons. The lowest BCUT2D eigenvalue weighted by Crippen LogP contribution is -2.19. The minimum atomic E-state index is -0.607. The summed E-state index contributed by atoms with van der Waals surface area (Å²) in [6, 6.07) is 15.5. The van der Waals surface area contributed by atoms with Crippen molar-refractivity contribution in [3.05, 3.63) is 81.4 Å². The zero-order valence-electron chi connectivity index (χ0n) is 23.5. The van der Waals surface area contributed by atoms with Gasteiger partial charge in [0.05, 0.1) is 25.4 Å². The molecular formula is C31H34N2O6S. The summed E-state index contributed by atoms with van der Waals surface area (Å²) >= 11 is 1.02. The molecule has 2 aromatic heterocycles. The summed E-state index contributed by atoms with van der Waals surface area (Å²) in [6.45, 7) is 10.6. The van der Waals surface area contributed by atoms with E-state index in [-0.39, 0.29) is 34.6 Å². The van der Waals surface area contributed by atoms with E-state index in [4.69, 9.17) is 14.2 Å². The van der Waals surface area contributed by atoms with Crippen LogP contribution in [0.2, 0.25) is 0 Å². The van der Waals surface area contributed by atoms with Crippen LogP contribution in [0.1, 0.15) is 68.0 Å². The monoisotopic (exact) mass is 562 g/mol. The van der Waals surface area contributed by atoms with Gasteiger partial charge in [-0.25, -0.2) is 9.59 Å². The molecule has 40 heavy (non-hydrogen) atoms. The van der Waals surface area contributed by atoms with Crippen molar-refractivity contribution in [2.45, 2.75) is 47.6 Å². The molecular weight excluding hydrogens is 528 g/mol. The maximum Gasteiger partial charge on any atom is 0.348 e. The van der Waals surface area contributed by atoms with Crippen molar-refractivity contribution in [1.82, 2.24) is 4.57 Å². The van der Waals surface area contributed by atoms with Crippen LogP contribution in [0, 0.1) is 13.8 Å². The van der Waals surface area contributed by atoms with E-state index in [2.05, 4.69) is 5.32 Å². The Hall–Kier alpha value is -4.11. The van der Waals surface area contributed by atoms with Crippen LogP contribution in [-0.2, 0) is 22.4 Å². The molecule has 0 aliphatic heterocycles. The van der Waals surface area contributed by atoms with Crippen LogP contribution < -0.4 is 10.1 Å². The highest BCUT2D eigenvalue weighted by atomic mass is 32.1. The number of carbonyl (C=O) groups is 3. The second-order valence-electron chi connectivity index (χ2n) is 9.14. The Morgan fingerprint density at radius 1 is 0.900 bits per heavy atom. The minimum absolute atomic E-state index is 0.156. The van der Waals surface area contributed by atoms with Crippen molar-refractivity contribution in [3.8, 4) is 5.75 Å². The lowest BCUT2D eigenvalue weighted by molar-refractivity contribution is 0.0514. The van der Waals surface area contributed by atoms with Crippen molar-refractivity contribution in [2.75, 3.05) is 25.1 Å². The molecule has 0 unspecified atom stereocenters. The second-order valence-corrected chi connectivity index (χ2v) is 10.2. The summed E-state index contributed by atoms with van der Waals surface area (Å²) in [6.07, 6.45) is 0.567. The molecule has 2 aromatic carbocycles. The lowest BCUT2D eigenvalue weighted by Gasteiger charge is -2.10. The molecule has 0 atom stereocenters. The fourth-order valence-corrected chi connectivity index (χ4v) is 5.84. The molecule has 4 aromatic rings. The van der Waals surface area contributed by atoms with Crippen molar-refractivity contribution >= 4 is 45.1 Å². The number of rotatable bonds is 11. The maximum atomic E-state index is 13.7. The predicted octanol–water partition coefficient (Wildman–Crippen LogP) is 6.57. The zero-order chi connectivity index (χ0) is 28.8. The molecule has 0 bridgehead atoms. The Morgan fingerprint density at radius 2 is 1.65 bits per heavy atom. The van der Waals surface area contributed by atoms with Crippen molar-refractivity contribution in [2.24, 2.45) is 0 Å². The highest BCUT2D eigenvalue weighted by Gasteiger charge is 2.29. The summed E-state index contributed by atoms with van der Waals surface area (Å²) in [5.41, 5.74) is 3.79. The van der Waals surface area contributed by atoms with Crippen molar-refractivity contribution in [1.29, 1.82) is 0 Å². The van der Waals surface area contributed by atoms with Gasteiger partial charge < -0.3 is 24.1 Å². The van der Waals surface area contributed by atoms with E-state index in [1.807, 2.05) is 73.9 Å². The number of hydrogen-bond donors (Lipinski definition) is 1. The average molecular weight is 563 g/mol. The quantitative estimate of drug-likeness (QED) is 0.208. The number of nitrogens with one attached hydrogen (secondary N) is 1. The smallest absolute Gasteiger partial charge is 0.348 e. The van der Waals surface area contributed by atoms with E-state index in [1.54, 1.807) is 13.8 Å². The normalized spacial score (nSPS) is 10.9. The minimum Gasteiger partial charge on any atom is -0.494 e. The number of anilines is 1. The van der Waals surface area contributed by atoms with Crippen LogP contribution in [0.5, 0.6) is 5.75 Å². The van der Waals surface area contributed by atoms with E-state index in [0.717, 1.165) is 39.1 Å². The zero-order valence-corrected chi connectivity index (χ0v) is 24.3. The number of hydrogen-bond acceptors (Lipinski definition) is 7. The summed E-state index contributed by atoms with van der Waals surface area (Å²) in [5.74, 6) is -0.813. The molecule has 0 spiro atoms. The Labute approximate surface area is 237 Å². The first-order chi connectivity index (χ1) is 19.3. The molecule has 1 amide bonds. The third-order valence-corrected chi connectivity index (χ3v) is 7.82. The van der Waals surface area contributed by atoms with E-state index in [9.17, 15) is 14.4 Å². The first-order valence-electron chi connectivity index (χ1n) is 13.4. The summed E-state index contributed by atoms with van der Waals surface area (Å²) in [7, 11) is 0. The van der Waals surface area contributed by atoms with Gasteiger partial charge in [-0.2, -0.15) is 0 Å². The molecule has 0 saturated heterocycles. The van der Waals surface area contributed by atoms with Gasteiger partial charge in [0.1, 0.15) is 21.3 Å². The highest BCUT2D eigenvalue weighted by Crippen LogP contribution is 2.36. The number of thiophene rings is 1. The average Bonchev–Trinajstić information content (AvgIpc) is 3.42. The first-order valence-corrected chi connectivity index (χ1v) is 14.2. The topological polar surface area (TPSA) is 95.9 Å². The van der Waals surface area contributed by atoms with E-state index in [1.165, 1.54) is 0 Å². The predicted molar refractivity (Wildman–Crippen MR) is 157 cm³/mol. The van der Waals surface area contributed by atoms with Gasteiger partial charge in [-0.1, -0.05) is 30.3 Å². The summed E-state index contributed by atoms with van der Waals surface area (Å²) < 4.78 is 18.4. The van der Waals surface area contributed by atoms with Gasteiger partial charge >= 0.3 is 11.9 Å². The van der Waals surface area contributed by atoms with Gasteiger partial charge in [0.2, 0.25) is 0 Å². The number of aryl methyl sites for hydroxylation is 2. The van der Waals surface area contributed by atoms with E-state index >= 15 is 0 Å². The molecule has 2 heterocycles. The van der Waals surface area contributed by atoms with Gasteiger partial charge in [0.15, 0.2) is 0 Å². The highest BCUT2D eigenvalue weighted by molar-refractivity contribution is 7.18. The van der Waals surface area contributed by atoms with Gasteiger partial charge in [0.25, 0.3) is 5.91 Å². The van der Waals surface area contributed by atoms with Crippen molar-refractivity contribution < 1.29 is 28.6 Å². The SMILES string of the molecule is CCOC(=O)c1c(NC(=O)c2c(C)c3cc(OCC)ccc3n2CC)sc(C(=O)OCCc2ccccc2)c1C. The van der Waals surface area contributed by atoms with Crippen molar-refractivity contribution in [3.63, 3.8) is 0 Å². The van der Waals surface area contributed by atoms with Gasteiger partial charge in [-0.15, -0.1) is 11.3 Å².